The standard InChI is InChI=1S/C12H23N3O/c1-10(2)14-6-4-13-5-7-15(11(3)16)9-12(13)8-14/h10,12H,4-9H2,1-3H3. The van der Waals surface area contributed by atoms with Crippen LogP contribution in [0.3, 0.4) is 0 Å². The summed E-state index contributed by atoms with van der Waals surface area (Å²) in [5.41, 5.74) is 0. The van der Waals surface area contributed by atoms with Crippen molar-refractivity contribution < 1.29 is 4.79 Å². The summed E-state index contributed by atoms with van der Waals surface area (Å²) in [7, 11) is 0. The predicted octanol–water partition coefficient (Wildman–Crippen LogP) is 0.243. The molecule has 0 aromatic carbocycles. The molecule has 0 saturated carbocycles. The van der Waals surface area contributed by atoms with E-state index in [2.05, 4.69) is 23.6 Å². The highest BCUT2D eigenvalue weighted by Crippen LogP contribution is 2.17. The molecule has 2 aliphatic heterocycles. The van der Waals surface area contributed by atoms with Crippen molar-refractivity contribution in [1.82, 2.24) is 14.7 Å². The van der Waals surface area contributed by atoms with Crippen LogP contribution in [0.2, 0.25) is 0 Å². The van der Waals surface area contributed by atoms with Gasteiger partial charge in [-0.05, 0) is 13.8 Å². The minimum Gasteiger partial charge on any atom is -0.340 e. The first kappa shape index (κ1) is 11.9. The Balaban J connectivity index is 1.96. The van der Waals surface area contributed by atoms with Crippen LogP contribution in [0.5, 0.6) is 0 Å². The summed E-state index contributed by atoms with van der Waals surface area (Å²) in [5, 5.41) is 0. The fourth-order valence-corrected chi connectivity index (χ4v) is 2.73. The predicted molar refractivity (Wildman–Crippen MR) is 64.3 cm³/mol. The van der Waals surface area contributed by atoms with Crippen LogP contribution in [-0.2, 0) is 4.79 Å². The zero-order valence-electron chi connectivity index (χ0n) is 10.6. The van der Waals surface area contributed by atoms with Crippen molar-refractivity contribution in [2.45, 2.75) is 32.9 Å². The third-order valence-corrected chi connectivity index (χ3v) is 3.90. The van der Waals surface area contributed by atoms with Gasteiger partial charge in [0.05, 0.1) is 0 Å². The quantitative estimate of drug-likeness (QED) is 0.640. The van der Waals surface area contributed by atoms with Gasteiger partial charge in [0.15, 0.2) is 0 Å². The van der Waals surface area contributed by atoms with E-state index in [9.17, 15) is 4.79 Å². The molecule has 0 aromatic heterocycles. The Kier molecular flexibility index (Phi) is 3.50. The lowest BCUT2D eigenvalue weighted by atomic mass is 10.1. The normalized spacial score (nSPS) is 28.2. The summed E-state index contributed by atoms with van der Waals surface area (Å²) in [6.07, 6.45) is 0. The average Bonchev–Trinajstić information content (AvgIpc) is 2.27. The molecule has 0 aliphatic carbocycles. The monoisotopic (exact) mass is 225 g/mol. The van der Waals surface area contributed by atoms with Crippen LogP contribution in [0.15, 0.2) is 0 Å². The number of fused-ring (bicyclic) bond motifs is 1. The first-order valence-corrected chi connectivity index (χ1v) is 6.31. The summed E-state index contributed by atoms with van der Waals surface area (Å²) in [5.74, 6) is 0.223. The van der Waals surface area contributed by atoms with Gasteiger partial charge in [-0.2, -0.15) is 0 Å². The molecule has 0 spiro atoms. The highest BCUT2D eigenvalue weighted by molar-refractivity contribution is 5.73. The number of carbonyl (C=O) groups is 1. The fraction of sp³-hybridized carbons (Fsp3) is 0.917. The number of carbonyl (C=O) groups excluding carboxylic acids is 1. The molecule has 4 nitrogen and oxygen atoms in total. The van der Waals surface area contributed by atoms with Crippen molar-refractivity contribution in [2.75, 3.05) is 39.3 Å². The van der Waals surface area contributed by atoms with Gasteiger partial charge in [0.1, 0.15) is 0 Å². The molecule has 1 amide bonds. The first-order valence-electron chi connectivity index (χ1n) is 6.31. The molecule has 1 unspecified atom stereocenters. The Labute approximate surface area is 98.2 Å². The second-order valence-electron chi connectivity index (χ2n) is 5.24. The zero-order chi connectivity index (χ0) is 11.7. The smallest absolute Gasteiger partial charge is 0.219 e. The molecule has 0 N–H and O–H groups in total. The molecular weight excluding hydrogens is 202 g/mol. The van der Waals surface area contributed by atoms with Crippen LogP contribution in [0.1, 0.15) is 20.8 Å². The van der Waals surface area contributed by atoms with Crippen LogP contribution in [-0.4, -0.2) is 72.0 Å². The zero-order valence-corrected chi connectivity index (χ0v) is 10.6. The Hall–Kier alpha value is -0.610. The summed E-state index contributed by atoms with van der Waals surface area (Å²) in [6.45, 7) is 12.5. The Morgan fingerprint density at radius 3 is 2.44 bits per heavy atom. The van der Waals surface area contributed by atoms with Gasteiger partial charge >= 0.3 is 0 Å². The van der Waals surface area contributed by atoms with Crippen molar-refractivity contribution >= 4 is 5.91 Å². The Morgan fingerprint density at radius 2 is 1.81 bits per heavy atom. The van der Waals surface area contributed by atoms with E-state index < -0.39 is 0 Å². The summed E-state index contributed by atoms with van der Waals surface area (Å²) in [6, 6.07) is 1.17. The second kappa shape index (κ2) is 4.72. The number of rotatable bonds is 1. The highest BCUT2D eigenvalue weighted by atomic mass is 16.2. The number of amides is 1. The summed E-state index contributed by atoms with van der Waals surface area (Å²) < 4.78 is 0. The maximum atomic E-state index is 11.4. The van der Waals surface area contributed by atoms with Gasteiger partial charge in [-0.15, -0.1) is 0 Å². The Bertz CT molecular complexity index is 267. The van der Waals surface area contributed by atoms with Crippen molar-refractivity contribution in [3.63, 3.8) is 0 Å². The molecule has 0 bridgehead atoms. The minimum atomic E-state index is 0.223. The van der Waals surface area contributed by atoms with E-state index in [-0.39, 0.29) is 5.91 Å². The van der Waals surface area contributed by atoms with E-state index >= 15 is 0 Å². The lowest BCUT2D eigenvalue weighted by molar-refractivity contribution is -0.133. The molecular formula is C12H23N3O. The molecule has 4 heteroatoms. The van der Waals surface area contributed by atoms with Crippen LogP contribution < -0.4 is 0 Å². The SMILES string of the molecule is CC(=O)N1CCN2CCN(C(C)C)CC2C1. The topological polar surface area (TPSA) is 26.8 Å². The molecule has 2 rings (SSSR count). The first-order chi connectivity index (χ1) is 7.58. The Morgan fingerprint density at radius 1 is 1.12 bits per heavy atom. The number of nitrogens with zero attached hydrogens (tertiary/aromatic N) is 3. The maximum Gasteiger partial charge on any atom is 0.219 e. The van der Waals surface area contributed by atoms with E-state index in [1.165, 1.54) is 6.54 Å². The third-order valence-electron chi connectivity index (χ3n) is 3.90. The number of hydrogen-bond donors (Lipinski definition) is 0. The van der Waals surface area contributed by atoms with Crippen LogP contribution >= 0.6 is 0 Å². The van der Waals surface area contributed by atoms with E-state index in [4.69, 9.17) is 0 Å². The molecule has 0 radical (unpaired) electrons. The minimum absolute atomic E-state index is 0.223. The molecule has 2 fully saturated rings. The van der Waals surface area contributed by atoms with Gasteiger partial charge < -0.3 is 4.90 Å². The fourth-order valence-electron chi connectivity index (χ4n) is 2.73. The van der Waals surface area contributed by atoms with Crippen molar-refractivity contribution in [1.29, 1.82) is 0 Å². The lowest BCUT2D eigenvalue weighted by Gasteiger charge is -2.48. The van der Waals surface area contributed by atoms with Crippen LogP contribution in [0.25, 0.3) is 0 Å². The average molecular weight is 225 g/mol. The number of piperazine rings is 2. The lowest BCUT2D eigenvalue weighted by Crippen LogP contribution is -2.63. The van der Waals surface area contributed by atoms with Crippen molar-refractivity contribution in [3.05, 3.63) is 0 Å². The van der Waals surface area contributed by atoms with Gasteiger partial charge in [-0.25, -0.2) is 0 Å². The van der Waals surface area contributed by atoms with Gasteiger partial charge in [-0.1, -0.05) is 0 Å². The molecule has 92 valence electrons. The molecule has 1 atom stereocenters. The second-order valence-corrected chi connectivity index (χ2v) is 5.24. The van der Waals surface area contributed by atoms with Gasteiger partial charge in [0, 0.05) is 58.3 Å². The molecule has 16 heavy (non-hydrogen) atoms. The van der Waals surface area contributed by atoms with Crippen molar-refractivity contribution in [3.8, 4) is 0 Å². The van der Waals surface area contributed by atoms with Crippen molar-refractivity contribution in [2.24, 2.45) is 0 Å². The van der Waals surface area contributed by atoms with Gasteiger partial charge in [0.2, 0.25) is 5.91 Å². The maximum absolute atomic E-state index is 11.4. The van der Waals surface area contributed by atoms with E-state index in [1.54, 1.807) is 6.92 Å². The van der Waals surface area contributed by atoms with Gasteiger partial charge in [0.25, 0.3) is 0 Å². The number of hydrogen-bond acceptors (Lipinski definition) is 3. The van der Waals surface area contributed by atoms with Crippen LogP contribution in [0.4, 0.5) is 0 Å². The largest absolute Gasteiger partial charge is 0.340 e. The van der Waals surface area contributed by atoms with E-state index in [1.807, 2.05) is 4.90 Å². The molecule has 2 saturated heterocycles. The molecule has 0 aromatic rings. The molecule has 2 heterocycles. The third kappa shape index (κ3) is 2.38. The van der Waals surface area contributed by atoms with Crippen LogP contribution in [0, 0.1) is 0 Å². The van der Waals surface area contributed by atoms with E-state index in [0.29, 0.717) is 12.1 Å². The summed E-state index contributed by atoms with van der Waals surface area (Å²) in [4.78, 5) is 18.4. The summed E-state index contributed by atoms with van der Waals surface area (Å²) >= 11 is 0. The highest BCUT2D eigenvalue weighted by Gasteiger charge is 2.33. The van der Waals surface area contributed by atoms with Gasteiger partial charge in [-0.3, -0.25) is 14.6 Å². The molecule has 2 aliphatic rings. The van der Waals surface area contributed by atoms with E-state index in [0.717, 1.165) is 32.7 Å².